The van der Waals surface area contributed by atoms with Gasteiger partial charge < -0.3 is 10.2 Å². The van der Waals surface area contributed by atoms with Crippen LogP contribution in [0.1, 0.15) is 38.3 Å². The van der Waals surface area contributed by atoms with Gasteiger partial charge in [-0.1, -0.05) is 48.3 Å². The summed E-state index contributed by atoms with van der Waals surface area (Å²) in [6.07, 6.45) is 0.845. The summed E-state index contributed by atoms with van der Waals surface area (Å²) >= 11 is 12.1. The van der Waals surface area contributed by atoms with Crippen molar-refractivity contribution in [2.75, 3.05) is 0 Å². The molecule has 0 aromatic heterocycles. The summed E-state index contributed by atoms with van der Waals surface area (Å²) in [5, 5.41) is 3.71. The average Bonchev–Trinajstić information content (AvgIpc) is 2.69. The lowest BCUT2D eigenvalue weighted by atomic mass is 10.1. The third kappa shape index (κ3) is 6.72. The quantitative estimate of drug-likeness (QED) is 0.629. The Balaban J connectivity index is 2.25. The highest BCUT2D eigenvalue weighted by molar-refractivity contribution is 6.42. The van der Waals surface area contributed by atoms with Crippen LogP contribution in [-0.2, 0) is 22.6 Å². The second kappa shape index (κ2) is 10.6. The normalized spacial score (nSPS) is 12.9. The molecule has 0 aliphatic rings. The Hall–Kier alpha value is -2.11. The van der Waals surface area contributed by atoms with Gasteiger partial charge in [0.25, 0.3) is 0 Å². The van der Waals surface area contributed by atoms with Crippen LogP contribution in [0.25, 0.3) is 0 Å². The van der Waals surface area contributed by atoms with Crippen molar-refractivity contribution in [3.63, 3.8) is 0 Å². The fraction of sp³-hybridized carbons (Fsp3) is 0.364. The van der Waals surface area contributed by atoms with E-state index in [9.17, 15) is 14.0 Å². The van der Waals surface area contributed by atoms with Gasteiger partial charge >= 0.3 is 0 Å². The summed E-state index contributed by atoms with van der Waals surface area (Å²) in [4.78, 5) is 27.2. The molecule has 0 aliphatic heterocycles. The summed E-state index contributed by atoms with van der Waals surface area (Å²) in [6.45, 7) is 5.78. The van der Waals surface area contributed by atoms with Gasteiger partial charge in [0.1, 0.15) is 11.9 Å². The molecule has 0 radical (unpaired) electrons. The van der Waals surface area contributed by atoms with Gasteiger partial charge in [-0.15, -0.1) is 0 Å². The number of carbonyl (C=O) groups excluding carboxylic acids is 2. The van der Waals surface area contributed by atoms with Crippen molar-refractivity contribution in [2.45, 2.75) is 52.2 Å². The van der Waals surface area contributed by atoms with E-state index >= 15 is 0 Å². The van der Waals surface area contributed by atoms with E-state index < -0.39 is 6.04 Å². The molecule has 2 rings (SSSR count). The third-order valence-corrected chi connectivity index (χ3v) is 5.51. The van der Waals surface area contributed by atoms with E-state index in [0.717, 1.165) is 12.0 Å². The third-order valence-electron chi connectivity index (χ3n) is 4.77. The molecule has 0 aliphatic carbocycles. The van der Waals surface area contributed by atoms with Crippen molar-refractivity contribution in [3.8, 4) is 0 Å². The Labute approximate surface area is 181 Å². The van der Waals surface area contributed by atoms with E-state index in [-0.39, 0.29) is 36.6 Å². The molecule has 2 amide bonds. The van der Waals surface area contributed by atoms with Crippen LogP contribution in [0.2, 0.25) is 10.0 Å². The highest BCUT2D eigenvalue weighted by Crippen LogP contribution is 2.24. The molecule has 0 unspecified atom stereocenters. The maximum absolute atomic E-state index is 13.2. The number of nitrogens with one attached hydrogen (secondary N) is 1. The first kappa shape index (κ1) is 23.2. The predicted molar refractivity (Wildman–Crippen MR) is 114 cm³/mol. The van der Waals surface area contributed by atoms with Crippen LogP contribution in [0.5, 0.6) is 0 Å². The van der Waals surface area contributed by atoms with E-state index in [0.29, 0.717) is 15.6 Å². The molecule has 0 fully saturated rings. The van der Waals surface area contributed by atoms with Crippen LogP contribution in [0.15, 0.2) is 42.5 Å². The molecule has 0 saturated heterocycles. The van der Waals surface area contributed by atoms with E-state index in [2.05, 4.69) is 5.32 Å². The van der Waals surface area contributed by atoms with Crippen LogP contribution in [0.3, 0.4) is 0 Å². The van der Waals surface area contributed by atoms with Gasteiger partial charge in [-0.2, -0.15) is 0 Å². The number of nitrogens with zero attached hydrogens (tertiary/aromatic N) is 1. The molecular weight excluding hydrogens is 414 g/mol. The summed E-state index contributed by atoms with van der Waals surface area (Å²) in [5.41, 5.74) is 1.43. The van der Waals surface area contributed by atoms with Gasteiger partial charge in [0, 0.05) is 12.6 Å². The number of amides is 2. The van der Waals surface area contributed by atoms with Crippen molar-refractivity contribution >= 4 is 35.0 Å². The lowest BCUT2D eigenvalue weighted by Crippen LogP contribution is -2.49. The first-order chi connectivity index (χ1) is 13.7. The van der Waals surface area contributed by atoms with E-state index in [4.69, 9.17) is 23.2 Å². The van der Waals surface area contributed by atoms with Crippen LogP contribution < -0.4 is 5.32 Å². The predicted octanol–water partition coefficient (Wildman–Crippen LogP) is 5.01. The van der Waals surface area contributed by atoms with Crippen molar-refractivity contribution in [3.05, 3.63) is 69.5 Å². The Kier molecular flexibility index (Phi) is 8.47. The first-order valence-electron chi connectivity index (χ1n) is 9.49. The number of carbonyl (C=O) groups is 2. The Bertz CT molecular complexity index is 858. The molecule has 0 heterocycles. The average molecular weight is 439 g/mol. The van der Waals surface area contributed by atoms with Crippen molar-refractivity contribution in [2.24, 2.45) is 0 Å². The monoisotopic (exact) mass is 438 g/mol. The van der Waals surface area contributed by atoms with E-state index in [1.165, 1.54) is 17.0 Å². The molecule has 1 N–H and O–H groups in total. The highest BCUT2D eigenvalue weighted by atomic mass is 35.5. The number of halogens is 3. The fourth-order valence-corrected chi connectivity index (χ4v) is 3.08. The lowest BCUT2D eigenvalue weighted by molar-refractivity contribution is -0.140. The molecular formula is C22H25Cl2FN2O2. The molecule has 0 spiro atoms. The summed E-state index contributed by atoms with van der Waals surface area (Å²) in [7, 11) is 0. The Morgan fingerprint density at radius 2 is 1.66 bits per heavy atom. The molecule has 0 saturated carbocycles. The summed E-state index contributed by atoms with van der Waals surface area (Å²) in [5.74, 6) is -0.837. The molecule has 7 heteroatoms. The first-order valence-corrected chi connectivity index (χ1v) is 10.2. The molecule has 156 valence electrons. The lowest BCUT2D eigenvalue weighted by Gasteiger charge is -2.30. The van der Waals surface area contributed by atoms with Gasteiger partial charge in [0.15, 0.2) is 0 Å². The molecule has 0 bridgehead atoms. The standard InChI is InChI=1S/C22H25Cl2FN2O2/c1-4-14(2)26-22(29)15(3)27(13-17-7-10-19(23)20(24)11-17)21(28)12-16-5-8-18(25)9-6-16/h5-11,14-15H,4,12-13H2,1-3H3,(H,26,29)/t14-,15-/m0/s1. The van der Waals surface area contributed by atoms with Gasteiger partial charge in [-0.25, -0.2) is 4.39 Å². The number of benzene rings is 2. The van der Waals surface area contributed by atoms with E-state index in [1.807, 2.05) is 13.8 Å². The zero-order chi connectivity index (χ0) is 21.6. The smallest absolute Gasteiger partial charge is 0.242 e. The van der Waals surface area contributed by atoms with Crippen LogP contribution >= 0.6 is 23.2 Å². The molecule has 2 aromatic rings. The van der Waals surface area contributed by atoms with Crippen molar-refractivity contribution < 1.29 is 14.0 Å². The maximum atomic E-state index is 13.2. The zero-order valence-electron chi connectivity index (χ0n) is 16.7. The number of hydrogen-bond acceptors (Lipinski definition) is 2. The van der Waals surface area contributed by atoms with Gasteiger partial charge in [0.2, 0.25) is 11.8 Å². The number of rotatable bonds is 8. The number of hydrogen-bond donors (Lipinski definition) is 1. The Morgan fingerprint density at radius 3 is 2.24 bits per heavy atom. The van der Waals surface area contributed by atoms with E-state index in [1.54, 1.807) is 37.3 Å². The topological polar surface area (TPSA) is 49.4 Å². The summed E-state index contributed by atoms with van der Waals surface area (Å²) in [6, 6.07) is 10.2. The van der Waals surface area contributed by atoms with Crippen LogP contribution in [0.4, 0.5) is 4.39 Å². The summed E-state index contributed by atoms with van der Waals surface area (Å²) < 4.78 is 13.2. The molecule has 29 heavy (non-hydrogen) atoms. The van der Waals surface area contributed by atoms with Gasteiger partial charge in [-0.05, 0) is 55.7 Å². The molecule has 2 aromatic carbocycles. The zero-order valence-corrected chi connectivity index (χ0v) is 18.2. The molecule has 2 atom stereocenters. The largest absolute Gasteiger partial charge is 0.352 e. The molecule has 4 nitrogen and oxygen atoms in total. The minimum absolute atomic E-state index is 0.00368. The second-order valence-corrected chi connectivity index (χ2v) is 7.88. The minimum atomic E-state index is -0.689. The SMILES string of the molecule is CC[C@H](C)NC(=O)[C@H](C)N(Cc1ccc(Cl)c(Cl)c1)C(=O)Cc1ccc(F)cc1. The van der Waals surface area contributed by atoms with Crippen molar-refractivity contribution in [1.29, 1.82) is 0 Å². The van der Waals surface area contributed by atoms with Gasteiger partial charge in [0.05, 0.1) is 16.5 Å². The van der Waals surface area contributed by atoms with Gasteiger partial charge in [-0.3, -0.25) is 9.59 Å². The Morgan fingerprint density at radius 1 is 1.03 bits per heavy atom. The van der Waals surface area contributed by atoms with Crippen LogP contribution in [0, 0.1) is 5.82 Å². The highest BCUT2D eigenvalue weighted by Gasteiger charge is 2.27. The minimum Gasteiger partial charge on any atom is -0.352 e. The second-order valence-electron chi connectivity index (χ2n) is 7.07. The maximum Gasteiger partial charge on any atom is 0.242 e. The fourth-order valence-electron chi connectivity index (χ4n) is 2.76. The van der Waals surface area contributed by atoms with Crippen LogP contribution in [-0.4, -0.2) is 28.8 Å². The van der Waals surface area contributed by atoms with Crippen molar-refractivity contribution in [1.82, 2.24) is 10.2 Å².